The first-order chi connectivity index (χ1) is 13.1. The summed E-state index contributed by atoms with van der Waals surface area (Å²) < 4.78 is 11.5. The van der Waals surface area contributed by atoms with Crippen molar-refractivity contribution in [2.24, 2.45) is 0 Å². The molecule has 27 heavy (non-hydrogen) atoms. The van der Waals surface area contributed by atoms with Crippen LogP contribution < -0.4 is 5.32 Å². The van der Waals surface area contributed by atoms with Crippen LogP contribution in [0.1, 0.15) is 10.4 Å². The van der Waals surface area contributed by atoms with E-state index in [0.717, 1.165) is 0 Å². The van der Waals surface area contributed by atoms with Gasteiger partial charge in [0, 0.05) is 13.1 Å². The number of carbonyl (C=O) groups is 3. The molecule has 0 atom stereocenters. The Morgan fingerprint density at radius 2 is 1.96 bits per heavy atom. The zero-order valence-corrected chi connectivity index (χ0v) is 14.4. The Morgan fingerprint density at radius 3 is 2.70 bits per heavy atom. The van der Waals surface area contributed by atoms with Gasteiger partial charge in [-0.15, -0.1) is 5.10 Å². The number of anilines is 1. The van der Waals surface area contributed by atoms with Gasteiger partial charge in [-0.05, 0) is 22.6 Å². The van der Waals surface area contributed by atoms with Crippen LogP contribution in [-0.2, 0) is 25.6 Å². The van der Waals surface area contributed by atoms with Gasteiger partial charge in [-0.2, -0.15) is 0 Å². The van der Waals surface area contributed by atoms with Gasteiger partial charge in [-0.3, -0.25) is 9.59 Å². The molecule has 1 aliphatic heterocycles. The number of benzene rings is 1. The predicted octanol–water partition coefficient (Wildman–Crippen LogP) is -0.673. The predicted molar refractivity (Wildman–Crippen MR) is 90.6 cm³/mol. The minimum absolute atomic E-state index is 0.105. The van der Waals surface area contributed by atoms with Crippen molar-refractivity contribution in [1.29, 1.82) is 0 Å². The molecule has 142 valence electrons. The molecule has 1 saturated heterocycles. The molecule has 2 aromatic rings. The van der Waals surface area contributed by atoms with Crippen molar-refractivity contribution in [3.8, 4) is 0 Å². The van der Waals surface area contributed by atoms with Crippen molar-refractivity contribution in [2.75, 3.05) is 38.2 Å². The Labute approximate surface area is 154 Å². The van der Waals surface area contributed by atoms with Crippen molar-refractivity contribution in [3.05, 3.63) is 36.2 Å². The van der Waals surface area contributed by atoms with E-state index < -0.39 is 11.9 Å². The van der Waals surface area contributed by atoms with Crippen LogP contribution in [0.25, 0.3) is 0 Å². The van der Waals surface area contributed by atoms with Crippen LogP contribution in [0, 0.1) is 0 Å². The number of hydrogen-bond donors (Lipinski definition) is 1. The minimum Gasteiger partial charge on any atom is -0.452 e. The first-order valence-electron chi connectivity index (χ1n) is 8.26. The molecule has 0 aliphatic carbocycles. The van der Waals surface area contributed by atoms with Gasteiger partial charge < -0.3 is 19.7 Å². The Kier molecular flexibility index (Phi) is 6.05. The third-order valence-corrected chi connectivity index (χ3v) is 3.81. The lowest BCUT2D eigenvalue weighted by Gasteiger charge is -2.26. The molecule has 1 aliphatic rings. The van der Waals surface area contributed by atoms with Crippen molar-refractivity contribution in [3.63, 3.8) is 0 Å². The van der Waals surface area contributed by atoms with Gasteiger partial charge in [0.1, 0.15) is 12.9 Å². The third kappa shape index (κ3) is 5.07. The van der Waals surface area contributed by atoms with Gasteiger partial charge in [0.2, 0.25) is 5.91 Å². The number of carbonyl (C=O) groups excluding carboxylic acids is 3. The number of ether oxygens (including phenoxy) is 2. The molecule has 0 saturated carbocycles. The van der Waals surface area contributed by atoms with E-state index in [1.54, 1.807) is 23.1 Å². The minimum atomic E-state index is -0.699. The summed E-state index contributed by atoms with van der Waals surface area (Å²) in [5.41, 5.74) is 0.428. The van der Waals surface area contributed by atoms with Gasteiger partial charge in [0.15, 0.2) is 6.61 Å². The third-order valence-electron chi connectivity index (χ3n) is 3.81. The van der Waals surface area contributed by atoms with Crippen molar-refractivity contribution in [2.45, 2.75) is 6.54 Å². The summed E-state index contributed by atoms with van der Waals surface area (Å²) in [6.45, 7) is 1.41. The van der Waals surface area contributed by atoms with E-state index in [0.29, 0.717) is 26.3 Å². The summed E-state index contributed by atoms with van der Waals surface area (Å²) in [5, 5.41) is 13.1. The molecule has 0 radical (unpaired) electrons. The maximum Gasteiger partial charge on any atom is 0.340 e. The smallest absolute Gasteiger partial charge is 0.340 e. The monoisotopic (exact) mass is 374 g/mol. The lowest BCUT2D eigenvalue weighted by atomic mass is 10.2. The van der Waals surface area contributed by atoms with Crippen LogP contribution in [0.4, 0.5) is 5.69 Å². The number of hydrogen-bond acceptors (Lipinski definition) is 8. The Balaban J connectivity index is 1.58. The second kappa shape index (κ2) is 8.85. The summed E-state index contributed by atoms with van der Waals surface area (Å²) in [4.78, 5) is 38.1. The van der Waals surface area contributed by atoms with Gasteiger partial charge in [0.25, 0.3) is 5.91 Å². The molecule has 0 bridgehead atoms. The summed E-state index contributed by atoms with van der Waals surface area (Å²) in [7, 11) is 0. The zero-order valence-electron chi connectivity index (χ0n) is 14.4. The fraction of sp³-hybridized carbons (Fsp3) is 0.375. The van der Waals surface area contributed by atoms with Crippen LogP contribution in [-0.4, -0.2) is 75.8 Å². The van der Waals surface area contributed by atoms with E-state index in [-0.39, 0.29) is 30.3 Å². The largest absolute Gasteiger partial charge is 0.452 e. The van der Waals surface area contributed by atoms with Crippen LogP contribution in [0.15, 0.2) is 30.6 Å². The van der Waals surface area contributed by atoms with E-state index in [1.807, 2.05) is 0 Å². The highest BCUT2D eigenvalue weighted by Crippen LogP contribution is 2.16. The molecule has 1 aromatic heterocycles. The van der Waals surface area contributed by atoms with E-state index in [9.17, 15) is 14.4 Å². The molecule has 1 N–H and O–H groups in total. The molecule has 0 spiro atoms. The molecular formula is C16H18N6O5. The molecule has 0 unspecified atom stereocenters. The maximum atomic E-state index is 12.3. The number of esters is 1. The highest BCUT2D eigenvalue weighted by atomic mass is 16.5. The Morgan fingerprint density at radius 1 is 1.19 bits per heavy atom. The van der Waals surface area contributed by atoms with Crippen LogP contribution in [0.3, 0.4) is 0 Å². The fourth-order valence-corrected chi connectivity index (χ4v) is 2.47. The topological polar surface area (TPSA) is 129 Å². The van der Waals surface area contributed by atoms with Crippen LogP contribution in [0.2, 0.25) is 0 Å². The van der Waals surface area contributed by atoms with Gasteiger partial charge in [-0.25, -0.2) is 9.48 Å². The second-order valence-electron chi connectivity index (χ2n) is 5.67. The molecule has 11 heteroatoms. The number of nitrogens with zero attached hydrogens (tertiary/aromatic N) is 5. The normalized spacial score (nSPS) is 13.9. The maximum absolute atomic E-state index is 12.3. The number of morpholine rings is 1. The summed E-state index contributed by atoms with van der Waals surface area (Å²) in [6.07, 6.45) is 1.30. The van der Waals surface area contributed by atoms with Gasteiger partial charge in [0.05, 0.1) is 24.5 Å². The van der Waals surface area contributed by atoms with E-state index >= 15 is 0 Å². The SMILES string of the molecule is O=C(Cn1cnnn1)Nc1ccccc1C(=O)OCC(=O)N1CCOCC1. The molecule has 2 amide bonds. The Bertz CT molecular complexity index is 803. The van der Waals surface area contributed by atoms with Crippen LogP contribution >= 0.6 is 0 Å². The Hall–Kier alpha value is -3.34. The van der Waals surface area contributed by atoms with Gasteiger partial charge >= 0.3 is 5.97 Å². The lowest BCUT2D eigenvalue weighted by Crippen LogP contribution is -2.42. The number of tetrazole rings is 1. The van der Waals surface area contributed by atoms with Crippen LogP contribution in [0.5, 0.6) is 0 Å². The summed E-state index contributed by atoms with van der Waals surface area (Å²) in [6, 6.07) is 6.38. The molecule has 3 rings (SSSR count). The number of aromatic nitrogens is 4. The number of amides is 2. The van der Waals surface area contributed by atoms with Crippen molar-refractivity contribution in [1.82, 2.24) is 25.1 Å². The number of rotatable bonds is 6. The quantitative estimate of drug-likeness (QED) is 0.659. The second-order valence-corrected chi connectivity index (χ2v) is 5.67. The number of nitrogens with one attached hydrogen (secondary N) is 1. The molecule has 2 heterocycles. The molecule has 1 aromatic carbocycles. The molecule has 1 fully saturated rings. The highest BCUT2D eigenvalue weighted by molar-refractivity contribution is 6.01. The molecule has 11 nitrogen and oxygen atoms in total. The van der Waals surface area contributed by atoms with Crippen molar-refractivity contribution >= 4 is 23.5 Å². The fourth-order valence-electron chi connectivity index (χ4n) is 2.47. The summed E-state index contributed by atoms with van der Waals surface area (Å²) in [5.74, 6) is -1.39. The summed E-state index contributed by atoms with van der Waals surface area (Å²) >= 11 is 0. The first kappa shape index (κ1) is 18.5. The number of para-hydroxylation sites is 1. The highest BCUT2D eigenvalue weighted by Gasteiger charge is 2.20. The van der Waals surface area contributed by atoms with E-state index in [2.05, 4.69) is 20.8 Å². The average Bonchev–Trinajstić information content (AvgIpc) is 3.19. The van der Waals surface area contributed by atoms with Crippen molar-refractivity contribution < 1.29 is 23.9 Å². The van der Waals surface area contributed by atoms with Gasteiger partial charge in [-0.1, -0.05) is 12.1 Å². The van der Waals surface area contributed by atoms with E-state index in [1.165, 1.54) is 17.1 Å². The first-order valence-corrected chi connectivity index (χ1v) is 8.26. The standard InChI is InChI=1S/C16H18N6O5/c23-14(9-22-11-17-19-20-22)18-13-4-2-1-3-12(13)16(25)27-10-15(24)21-5-7-26-8-6-21/h1-4,11H,5-10H2,(H,18,23). The lowest BCUT2D eigenvalue weighted by molar-refractivity contribution is -0.138. The molecular weight excluding hydrogens is 356 g/mol. The van der Waals surface area contributed by atoms with E-state index in [4.69, 9.17) is 9.47 Å². The average molecular weight is 374 g/mol. The zero-order chi connectivity index (χ0) is 19.1.